The number of benzene rings is 2. The van der Waals surface area contributed by atoms with Crippen molar-refractivity contribution < 1.29 is 4.74 Å². The number of hydrogen-bond donors (Lipinski definition) is 1. The Balaban J connectivity index is 2.06. The monoisotopic (exact) mass is 297 g/mol. The highest BCUT2D eigenvalue weighted by Crippen LogP contribution is 2.18. The first-order valence-electron chi connectivity index (χ1n) is 6.36. The second kappa shape index (κ2) is 7.98. The highest BCUT2D eigenvalue weighted by atomic mass is 32.2. The van der Waals surface area contributed by atoms with E-state index in [0.717, 1.165) is 17.0 Å². The molecule has 0 aliphatic rings. The zero-order chi connectivity index (χ0) is 14.9. The van der Waals surface area contributed by atoms with E-state index in [4.69, 9.17) is 10.00 Å². The molecule has 5 heteroatoms. The van der Waals surface area contributed by atoms with Crippen molar-refractivity contribution in [1.29, 1.82) is 5.26 Å². The number of nitriles is 1. The summed E-state index contributed by atoms with van der Waals surface area (Å²) in [6.45, 7) is 0.480. The molecule has 106 valence electrons. The second-order valence-corrected chi connectivity index (χ2v) is 4.92. The first kappa shape index (κ1) is 14.9. The Morgan fingerprint density at radius 2 is 2.05 bits per heavy atom. The molecule has 0 radical (unpaired) electrons. The Kier molecular flexibility index (Phi) is 5.68. The molecule has 0 fully saturated rings. The van der Waals surface area contributed by atoms with E-state index in [1.54, 1.807) is 0 Å². The standard InChI is InChI=1S/C16H15N3OS/c1-21-16(18-12-17)19-14-7-5-6-13(10-14)11-20-15-8-3-2-4-9-15/h2-10H,11H2,1H3,(H,18,19). The number of nitrogens with one attached hydrogen (secondary N) is 1. The van der Waals surface area contributed by atoms with E-state index in [0.29, 0.717) is 11.8 Å². The Morgan fingerprint density at radius 3 is 2.76 bits per heavy atom. The summed E-state index contributed by atoms with van der Waals surface area (Å²) in [5.41, 5.74) is 1.81. The molecule has 0 unspecified atom stereocenters. The van der Waals surface area contributed by atoms with Gasteiger partial charge in [-0.3, -0.25) is 5.32 Å². The van der Waals surface area contributed by atoms with Crippen molar-refractivity contribution in [2.24, 2.45) is 4.99 Å². The summed E-state index contributed by atoms with van der Waals surface area (Å²) in [7, 11) is 0. The first-order valence-corrected chi connectivity index (χ1v) is 7.59. The number of hydrogen-bond acceptors (Lipinski definition) is 4. The predicted molar refractivity (Wildman–Crippen MR) is 86.6 cm³/mol. The van der Waals surface area contributed by atoms with Gasteiger partial charge in [0.05, 0.1) is 5.69 Å². The molecular weight excluding hydrogens is 282 g/mol. The number of thioether (sulfide) groups is 1. The van der Waals surface area contributed by atoms with E-state index in [9.17, 15) is 0 Å². The molecule has 4 nitrogen and oxygen atoms in total. The molecule has 2 aromatic carbocycles. The third kappa shape index (κ3) is 4.86. The van der Waals surface area contributed by atoms with Gasteiger partial charge in [0.15, 0.2) is 11.4 Å². The van der Waals surface area contributed by atoms with Gasteiger partial charge in [-0.15, -0.1) is 0 Å². The largest absolute Gasteiger partial charge is 0.489 e. The zero-order valence-electron chi connectivity index (χ0n) is 11.6. The van der Waals surface area contributed by atoms with Gasteiger partial charge in [0.1, 0.15) is 12.4 Å². The van der Waals surface area contributed by atoms with E-state index in [-0.39, 0.29) is 0 Å². The molecule has 0 saturated heterocycles. The molecule has 0 amide bonds. The molecule has 0 saturated carbocycles. The molecule has 2 aromatic rings. The summed E-state index contributed by atoms with van der Waals surface area (Å²) in [5.74, 6) is 0.836. The number of rotatable bonds is 4. The topological polar surface area (TPSA) is 57.4 Å². The number of amidine groups is 1. The van der Waals surface area contributed by atoms with Gasteiger partial charge in [-0.2, -0.15) is 5.26 Å². The van der Waals surface area contributed by atoms with Crippen molar-refractivity contribution in [3.05, 3.63) is 60.2 Å². The van der Waals surface area contributed by atoms with Crippen LogP contribution in [0.25, 0.3) is 0 Å². The fraction of sp³-hybridized carbons (Fsp3) is 0.125. The van der Waals surface area contributed by atoms with Gasteiger partial charge in [-0.05, 0) is 36.1 Å². The molecule has 0 heterocycles. The Labute approximate surface area is 128 Å². The molecule has 1 N–H and O–H groups in total. The van der Waals surface area contributed by atoms with Crippen molar-refractivity contribution in [3.8, 4) is 11.9 Å². The molecule has 21 heavy (non-hydrogen) atoms. The van der Waals surface area contributed by atoms with Gasteiger partial charge in [0, 0.05) is 0 Å². The van der Waals surface area contributed by atoms with E-state index in [2.05, 4.69) is 10.3 Å². The van der Waals surface area contributed by atoms with Crippen LogP contribution in [0.2, 0.25) is 0 Å². The fourth-order valence-electron chi connectivity index (χ4n) is 1.69. The van der Waals surface area contributed by atoms with Crippen molar-refractivity contribution in [1.82, 2.24) is 5.32 Å². The van der Waals surface area contributed by atoms with E-state index < -0.39 is 0 Å². The number of para-hydroxylation sites is 1. The molecule has 0 bridgehead atoms. The maximum absolute atomic E-state index is 8.64. The summed E-state index contributed by atoms with van der Waals surface area (Å²) in [6, 6.07) is 17.4. The fourth-order valence-corrected chi connectivity index (χ4v) is 2.03. The number of ether oxygens (including phenoxy) is 1. The summed E-state index contributed by atoms with van der Waals surface area (Å²) in [4.78, 5) is 4.37. The minimum absolute atomic E-state index is 0.480. The second-order valence-electron chi connectivity index (χ2n) is 4.13. The van der Waals surface area contributed by atoms with Crippen molar-refractivity contribution in [3.63, 3.8) is 0 Å². The van der Waals surface area contributed by atoms with Crippen LogP contribution in [-0.4, -0.2) is 11.4 Å². The van der Waals surface area contributed by atoms with Crippen LogP contribution in [0, 0.1) is 11.5 Å². The van der Waals surface area contributed by atoms with Gasteiger partial charge in [0.25, 0.3) is 0 Å². The van der Waals surface area contributed by atoms with Gasteiger partial charge >= 0.3 is 0 Å². The SMILES string of the molecule is CSC(=Nc1cccc(COc2ccccc2)c1)NC#N. The molecule has 0 spiro atoms. The van der Waals surface area contributed by atoms with Crippen LogP contribution in [0.5, 0.6) is 5.75 Å². The predicted octanol–water partition coefficient (Wildman–Crippen LogP) is 3.69. The third-order valence-electron chi connectivity index (χ3n) is 2.65. The van der Waals surface area contributed by atoms with Gasteiger partial charge in [-0.1, -0.05) is 42.1 Å². The lowest BCUT2D eigenvalue weighted by atomic mass is 10.2. The van der Waals surface area contributed by atoms with Crippen LogP contribution < -0.4 is 10.1 Å². The van der Waals surface area contributed by atoms with Crippen LogP contribution in [0.1, 0.15) is 5.56 Å². The van der Waals surface area contributed by atoms with Crippen LogP contribution in [-0.2, 0) is 6.61 Å². The Morgan fingerprint density at radius 1 is 1.24 bits per heavy atom. The zero-order valence-corrected chi connectivity index (χ0v) is 12.4. The lowest BCUT2D eigenvalue weighted by Gasteiger charge is -2.07. The van der Waals surface area contributed by atoms with Gasteiger partial charge < -0.3 is 4.74 Å². The smallest absolute Gasteiger partial charge is 0.183 e. The summed E-state index contributed by atoms with van der Waals surface area (Å²) in [6.07, 6.45) is 3.74. The van der Waals surface area contributed by atoms with Crippen LogP contribution in [0.4, 0.5) is 5.69 Å². The van der Waals surface area contributed by atoms with E-state index in [1.165, 1.54) is 11.8 Å². The maximum Gasteiger partial charge on any atom is 0.183 e. The van der Waals surface area contributed by atoms with Crippen molar-refractivity contribution in [2.75, 3.05) is 6.26 Å². The first-order chi connectivity index (χ1) is 10.3. The molecule has 0 aliphatic carbocycles. The van der Waals surface area contributed by atoms with Gasteiger partial charge in [-0.25, -0.2) is 4.99 Å². The summed E-state index contributed by atoms with van der Waals surface area (Å²) in [5, 5.41) is 11.7. The molecule has 0 aromatic heterocycles. The van der Waals surface area contributed by atoms with Crippen molar-refractivity contribution in [2.45, 2.75) is 6.61 Å². The van der Waals surface area contributed by atoms with Crippen LogP contribution in [0.15, 0.2) is 59.6 Å². The minimum atomic E-state index is 0.480. The van der Waals surface area contributed by atoms with Crippen LogP contribution >= 0.6 is 11.8 Å². The van der Waals surface area contributed by atoms with E-state index in [1.807, 2.05) is 67.0 Å². The Bertz CT molecular complexity index is 650. The average molecular weight is 297 g/mol. The number of nitrogens with zero attached hydrogens (tertiary/aromatic N) is 2. The highest BCUT2D eigenvalue weighted by molar-refractivity contribution is 8.13. The molecule has 2 rings (SSSR count). The van der Waals surface area contributed by atoms with E-state index >= 15 is 0 Å². The Hall–Kier alpha value is -2.45. The maximum atomic E-state index is 8.64. The molecule has 0 aliphatic heterocycles. The lowest BCUT2D eigenvalue weighted by molar-refractivity contribution is 0.306. The average Bonchev–Trinajstić information content (AvgIpc) is 2.54. The van der Waals surface area contributed by atoms with Crippen molar-refractivity contribution >= 4 is 22.6 Å². The normalized spacial score (nSPS) is 10.8. The minimum Gasteiger partial charge on any atom is -0.489 e. The highest BCUT2D eigenvalue weighted by Gasteiger charge is 1.99. The molecular formula is C16H15N3OS. The third-order valence-corrected chi connectivity index (χ3v) is 3.23. The summed E-state index contributed by atoms with van der Waals surface area (Å²) < 4.78 is 5.70. The summed E-state index contributed by atoms with van der Waals surface area (Å²) >= 11 is 1.39. The lowest BCUT2D eigenvalue weighted by Crippen LogP contribution is -2.12. The number of aliphatic imine (C=N–C) groups is 1. The quantitative estimate of drug-likeness (QED) is 0.405. The molecule has 0 atom stereocenters. The van der Waals surface area contributed by atoms with Crippen LogP contribution in [0.3, 0.4) is 0 Å². The van der Waals surface area contributed by atoms with Gasteiger partial charge in [0.2, 0.25) is 0 Å².